The highest BCUT2D eigenvalue weighted by atomic mass is 79.9. The van der Waals surface area contributed by atoms with Gasteiger partial charge in [-0.3, -0.25) is 4.31 Å². The second-order valence-corrected chi connectivity index (χ2v) is 7.55. The summed E-state index contributed by atoms with van der Waals surface area (Å²) in [5.41, 5.74) is 1.65. The number of benzene rings is 2. The Bertz CT molecular complexity index is 775. The van der Waals surface area contributed by atoms with Crippen LogP contribution in [0.2, 0.25) is 0 Å². The van der Waals surface area contributed by atoms with Gasteiger partial charge in [0, 0.05) is 11.0 Å². The number of ether oxygens (including phenoxy) is 1. The minimum absolute atomic E-state index is 0.146. The molecule has 0 aliphatic heterocycles. The van der Waals surface area contributed by atoms with Crippen molar-refractivity contribution in [3.8, 4) is 5.75 Å². The number of aryl methyl sites for hydroxylation is 1. The molecule has 0 N–H and O–H groups in total. The second kappa shape index (κ2) is 6.71. The van der Waals surface area contributed by atoms with Crippen LogP contribution in [-0.2, 0) is 10.0 Å². The lowest BCUT2D eigenvalue weighted by Gasteiger charge is -2.24. The summed E-state index contributed by atoms with van der Waals surface area (Å²) in [7, 11) is -2.24. The Labute approximate surface area is 139 Å². The maximum Gasteiger partial charge on any atom is 0.268 e. The SMILES string of the molecule is CCN(c1cccc(C)c1)S(=O)(=O)c1cc(Br)ccc1OC. The molecule has 0 bridgehead atoms. The van der Waals surface area contributed by atoms with Crippen LogP contribution >= 0.6 is 15.9 Å². The van der Waals surface area contributed by atoms with Crippen molar-refractivity contribution in [3.63, 3.8) is 0 Å². The van der Waals surface area contributed by atoms with E-state index in [0.29, 0.717) is 22.5 Å². The zero-order chi connectivity index (χ0) is 16.3. The Morgan fingerprint density at radius 1 is 1.18 bits per heavy atom. The lowest BCUT2D eigenvalue weighted by molar-refractivity contribution is 0.402. The van der Waals surface area contributed by atoms with E-state index in [2.05, 4.69) is 15.9 Å². The number of halogens is 1. The molecule has 2 aromatic rings. The third-order valence-electron chi connectivity index (χ3n) is 3.27. The van der Waals surface area contributed by atoms with E-state index in [0.717, 1.165) is 5.56 Å². The molecule has 0 amide bonds. The average molecular weight is 384 g/mol. The number of rotatable bonds is 5. The van der Waals surface area contributed by atoms with Crippen LogP contribution in [0.4, 0.5) is 5.69 Å². The normalized spacial score (nSPS) is 11.3. The highest BCUT2D eigenvalue weighted by Gasteiger charge is 2.27. The maximum absolute atomic E-state index is 13.0. The number of methoxy groups -OCH3 is 1. The average Bonchev–Trinajstić information content (AvgIpc) is 2.47. The van der Waals surface area contributed by atoms with Crippen molar-refractivity contribution in [2.24, 2.45) is 0 Å². The van der Waals surface area contributed by atoms with Gasteiger partial charge < -0.3 is 4.74 Å². The van der Waals surface area contributed by atoms with Crippen LogP contribution in [0.15, 0.2) is 51.8 Å². The van der Waals surface area contributed by atoms with Crippen LogP contribution in [0.3, 0.4) is 0 Å². The van der Waals surface area contributed by atoms with Crippen molar-refractivity contribution in [2.75, 3.05) is 18.0 Å². The fraction of sp³-hybridized carbons (Fsp3) is 0.250. The molecule has 0 spiro atoms. The van der Waals surface area contributed by atoms with E-state index in [1.54, 1.807) is 24.3 Å². The van der Waals surface area contributed by atoms with Gasteiger partial charge in [-0.25, -0.2) is 8.42 Å². The van der Waals surface area contributed by atoms with Gasteiger partial charge in [0.1, 0.15) is 10.6 Å². The van der Waals surface area contributed by atoms with Crippen molar-refractivity contribution < 1.29 is 13.2 Å². The third kappa shape index (κ3) is 3.28. The van der Waals surface area contributed by atoms with E-state index < -0.39 is 10.0 Å². The molecule has 0 aliphatic rings. The molecule has 6 heteroatoms. The van der Waals surface area contributed by atoms with Crippen LogP contribution in [-0.4, -0.2) is 22.1 Å². The molecule has 0 radical (unpaired) electrons. The largest absolute Gasteiger partial charge is 0.495 e. The van der Waals surface area contributed by atoms with Gasteiger partial charge in [-0.05, 0) is 49.7 Å². The van der Waals surface area contributed by atoms with Crippen molar-refractivity contribution >= 4 is 31.6 Å². The lowest BCUT2D eigenvalue weighted by atomic mass is 10.2. The molecule has 0 unspecified atom stereocenters. The highest BCUT2D eigenvalue weighted by Crippen LogP contribution is 2.32. The van der Waals surface area contributed by atoms with Crippen LogP contribution in [0.5, 0.6) is 5.75 Å². The predicted octanol–water partition coefficient (Wildman–Crippen LogP) is 3.98. The van der Waals surface area contributed by atoms with Gasteiger partial charge in [0.05, 0.1) is 12.8 Å². The predicted molar refractivity (Wildman–Crippen MR) is 92.1 cm³/mol. The number of anilines is 1. The van der Waals surface area contributed by atoms with Gasteiger partial charge in [-0.2, -0.15) is 0 Å². The number of hydrogen-bond acceptors (Lipinski definition) is 3. The molecule has 0 heterocycles. The van der Waals surface area contributed by atoms with Crippen LogP contribution < -0.4 is 9.04 Å². The molecule has 2 aromatic carbocycles. The van der Waals surface area contributed by atoms with Crippen LogP contribution in [0, 0.1) is 6.92 Å². The standard InChI is InChI=1S/C16H18BrNO3S/c1-4-18(14-7-5-6-12(2)10-14)22(19,20)16-11-13(17)8-9-15(16)21-3/h5-11H,4H2,1-3H3. The van der Waals surface area contributed by atoms with Crippen molar-refractivity contribution in [3.05, 3.63) is 52.5 Å². The highest BCUT2D eigenvalue weighted by molar-refractivity contribution is 9.10. The fourth-order valence-electron chi connectivity index (χ4n) is 2.25. The van der Waals surface area contributed by atoms with E-state index in [4.69, 9.17) is 4.74 Å². The van der Waals surface area contributed by atoms with Crippen LogP contribution in [0.25, 0.3) is 0 Å². The van der Waals surface area contributed by atoms with Gasteiger partial charge in [0.15, 0.2) is 0 Å². The van der Waals surface area contributed by atoms with Crippen molar-refractivity contribution in [1.29, 1.82) is 0 Å². The smallest absolute Gasteiger partial charge is 0.268 e. The third-order valence-corrected chi connectivity index (χ3v) is 5.69. The molecule has 118 valence electrons. The first-order valence-electron chi connectivity index (χ1n) is 6.83. The summed E-state index contributed by atoms with van der Waals surface area (Å²) in [4.78, 5) is 0.146. The number of nitrogens with zero attached hydrogens (tertiary/aromatic N) is 1. The topological polar surface area (TPSA) is 46.6 Å². The van der Waals surface area contributed by atoms with E-state index in [9.17, 15) is 8.42 Å². The molecule has 4 nitrogen and oxygen atoms in total. The second-order valence-electron chi connectivity index (χ2n) is 4.80. The van der Waals surface area contributed by atoms with Gasteiger partial charge in [0.2, 0.25) is 0 Å². The first-order valence-corrected chi connectivity index (χ1v) is 9.06. The summed E-state index contributed by atoms with van der Waals surface area (Å²) in [5.74, 6) is 0.328. The van der Waals surface area contributed by atoms with Crippen molar-refractivity contribution in [2.45, 2.75) is 18.7 Å². The molecule has 22 heavy (non-hydrogen) atoms. The molecule has 0 aliphatic carbocycles. The summed E-state index contributed by atoms with van der Waals surface area (Å²) >= 11 is 3.32. The fourth-order valence-corrected chi connectivity index (χ4v) is 4.41. The zero-order valence-corrected chi connectivity index (χ0v) is 15.1. The molecule has 0 fully saturated rings. The molecular formula is C16H18BrNO3S. The lowest BCUT2D eigenvalue weighted by Crippen LogP contribution is -2.31. The Balaban J connectivity index is 2.59. The number of hydrogen-bond donors (Lipinski definition) is 0. The Hall–Kier alpha value is -1.53. The quantitative estimate of drug-likeness (QED) is 0.784. The first kappa shape index (κ1) is 16.8. The summed E-state index contributed by atoms with van der Waals surface area (Å²) in [6.07, 6.45) is 0. The first-order chi connectivity index (χ1) is 10.4. The van der Waals surface area contributed by atoms with E-state index >= 15 is 0 Å². The summed E-state index contributed by atoms with van der Waals surface area (Å²) in [6.45, 7) is 4.08. The molecule has 0 saturated carbocycles. The Morgan fingerprint density at radius 2 is 1.91 bits per heavy atom. The summed E-state index contributed by atoms with van der Waals surface area (Å²) < 4.78 is 33.3. The molecule has 0 aromatic heterocycles. The molecule has 0 saturated heterocycles. The van der Waals surface area contributed by atoms with Gasteiger partial charge in [-0.1, -0.05) is 28.1 Å². The van der Waals surface area contributed by atoms with E-state index in [1.807, 2.05) is 32.0 Å². The molecular weight excluding hydrogens is 366 g/mol. The van der Waals surface area contributed by atoms with E-state index in [-0.39, 0.29) is 4.90 Å². The Kier molecular flexibility index (Phi) is 5.13. The monoisotopic (exact) mass is 383 g/mol. The maximum atomic E-state index is 13.0. The van der Waals surface area contributed by atoms with E-state index in [1.165, 1.54) is 11.4 Å². The zero-order valence-electron chi connectivity index (χ0n) is 12.7. The van der Waals surface area contributed by atoms with Crippen LogP contribution in [0.1, 0.15) is 12.5 Å². The minimum Gasteiger partial charge on any atom is -0.495 e. The van der Waals surface area contributed by atoms with Gasteiger partial charge in [-0.15, -0.1) is 0 Å². The molecule has 0 atom stereocenters. The minimum atomic E-state index is -3.71. The van der Waals surface area contributed by atoms with Gasteiger partial charge in [0.25, 0.3) is 10.0 Å². The summed E-state index contributed by atoms with van der Waals surface area (Å²) in [5, 5.41) is 0. The Morgan fingerprint density at radius 3 is 2.50 bits per heavy atom. The number of sulfonamides is 1. The van der Waals surface area contributed by atoms with Crippen molar-refractivity contribution in [1.82, 2.24) is 0 Å². The molecule has 2 rings (SSSR count). The van der Waals surface area contributed by atoms with Gasteiger partial charge >= 0.3 is 0 Å². The summed E-state index contributed by atoms with van der Waals surface area (Å²) in [6, 6.07) is 12.4.